The average Bonchev–Trinajstić information content (AvgIpc) is 4.36. The van der Waals surface area contributed by atoms with Gasteiger partial charge in [0.15, 0.2) is 0 Å². The maximum atomic E-state index is 14.3. The minimum atomic E-state index is -0.670. The summed E-state index contributed by atoms with van der Waals surface area (Å²) in [6, 6.07) is 25.7. The normalized spacial score (nSPS) is 22.9. The fraction of sp³-hybridized carbons (Fsp3) is 0.565. The summed E-state index contributed by atoms with van der Waals surface area (Å²) in [6.07, 6.45) is 19.9. The molecule has 0 spiro atoms. The van der Waals surface area contributed by atoms with Crippen molar-refractivity contribution in [1.82, 2.24) is 71.7 Å². The van der Waals surface area contributed by atoms with Gasteiger partial charge in [-0.15, -0.1) is 10.2 Å². The van der Waals surface area contributed by atoms with Gasteiger partial charge in [0, 0.05) is 37.8 Å². The number of amides is 5. The van der Waals surface area contributed by atoms with Crippen molar-refractivity contribution in [2.45, 2.75) is 203 Å². The van der Waals surface area contributed by atoms with Crippen LogP contribution in [0, 0.1) is 0 Å². The maximum Gasteiger partial charge on any atom is 0.246 e. The number of carbonyl (C=O) groups is 5. The topological polar surface area (TPSA) is 225 Å². The second kappa shape index (κ2) is 28.7. The van der Waals surface area contributed by atoms with E-state index in [1.165, 1.54) is 11.1 Å². The number of unbranched alkanes of at least 4 members (excludes halogenated alkanes) is 2. The molecule has 10 atom stereocenters. The van der Waals surface area contributed by atoms with Gasteiger partial charge in [-0.3, -0.25) is 38.2 Å². The molecule has 19 heteroatoms. The Balaban J connectivity index is 0.729. The van der Waals surface area contributed by atoms with Gasteiger partial charge in [0.1, 0.15) is 23.5 Å². The van der Waals surface area contributed by atoms with Gasteiger partial charge in [0.25, 0.3) is 0 Å². The highest BCUT2D eigenvalue weighted by atomic mass is 16.2. The predicted octanol–water partition coefficient (Wildman–Crippen LogP) is 5.85. The monoisotopic (exact) mass is 1110 g/mol. The highest BCUT2D eigenvalue weighted by molar-refractivity contribution is 5.94. The van der Waals surface area contributed by atoms with Crippen molar-refractivity contribution in [2.24, 2.45) is 0 Å². The van der Waals surface area contributed by atoms with Crippen LogP contribution in [0.3, 0.4) is 0 Å². The molecule has 19 nitrogen and oxygen atoms in total. The van der Waals surface area contributed by atoms with E-state index >= 15 is 0 Å². The molecule has 6 unspecified atom stereocenters. The van der Waals surface area contributed by atoms with E-state index in [-0.39, 0.29) is 53.7 Å². The molecule has 434 valence electrons. The molecule has 0 radical (unpaired) electrons. The Hall–Kier alpha value is -6.83. The van der Waals surface area contributed by atoms with E-state index in [1.54, 1.807) is 25.9 Å². The number of hydrogen-bond donors (Lipinski definition) is 6. The summed E-state index contributed by atoms with van der Waals surface area (Å²) in [4.78, 5) is 72.5. The Kier molecular flexibility index (Phi) is 20.9. The van der Waals surface area contributed by atoms with E-state index in [1.807, 2.05) is 89.3 Å². The summed E-state index contributed by atoms with van der Waals surface area (Å²) in [5.41, 5.74) is 5.76. The Bertz CT molecular complexity index is 2830. The van der Waals surface area contributed by atoms with Gasteiger partial charge < -0.3 is 36.8 Å². The van der Waals surface area contributed by atoms with Crippen LogP contribution in [0.1, 0.15) is 162 Å². The summed E-state index contributed by atoms with van der Waals surface area (Å²) in [5.74, 6) is -0.657. The van der Waals surface area contributed by atoms with E-state index in [2.05, 4.69) is 81.7 Å². The minimum Gasteiger partial charge on any atom is -0.351 e. The minimum absolute atomic E-state index is 0.00428. The van der Waals surface area contributed by atoms with Crippen LogP contribution in [0.4, 0.5) is 0 Å². The molecule has 9 rings (SSSR count). The van der Waals surface area contributed by atoms with Crippen molar-refractivity contribution in [3.8, 4) is 0 Å². The molecule has 5 amide bonds. The van der Waals surface area contributed by atoms with Crippen LogP contribution in [0.2, 0.25) is 0 Å². The number of benzene rings is 3. The fourth-order valence-corrected chi connectivity index (χ4v) is 12.5. The molecule has 0 saturated carbocycles. The predicted molar refractivity (Wildman–Crippen MR) is 310 cm³/mol. The third kappa shape index (κ3) is 15.4. The van der Waals surface area contributed by atoms with Crippen LogP contribution in [0.25, 0.3) is 0 Å². The molecule has 6 heterocycles. The van der Waals surface area contributed by atoms with E-state index in [0.717, 1.165) is 120 Å². The van der Waals surface area contributed by atoms with Gasteiger partial charge in [0.05, 0.1) is 42.6 Å². The van der Waals surface area contributed by atoms with Crippen LogP contribution in [-0.2, 0) is 49.9 Å². The molecule has 0 aliphatic carbocycles. The lowest BCUT2D eigenvalue weighted by Gasteiger charge is -2.36. The van der Waals surface area contributed by atoms with E-state index in [4.69, 9.17) is 0 Å². The van der Waals surface area contributed by atoms with Crippen LogP contribution in [0.5, 0.6) is 0 Å². The maximum absolute atomic E-state index is 14.3. The molecule has 4 aliphatic heterocycles. The number of fused-ring (bicyclic) bond motifs is 2. The van der Waals surface area contributed by atoms with E-state index in [9.17, 15) is 24.0 Å². The standard InChI is InChI=1S/C62H86N14O5/c1-42(63-3)58(77)65-48-25-11-12-26-49-33-35-54(75(49)39-48)60(79)67-56(46-21-7-5-8-22-46)52-40-73(71-69-52)37-17-15-19-44-29-31-45(32-30-44)20-16-18-38-74-41-53(70-72-74)57(47-23-9-6-10-24-47)68-61(80)55-36-34-50-27-13-14-28-51(62(81)76(50)55)66-59(78)43(2)64-4/h5-10,21-24,29-32,40-43,48-51,54-57,63-64H,11-20,25-28,33-39H2,1-4H3,(H,65,77)(H,66,78)(H,67,79)(H,68,80)/t42-,43+,48?,49?,50?,51?,54?,55?,56+,57+/m1/s1. The Morgan fingerprint density at radius 1 is 0.556 bits per heavy atom. The first-order valence-corrected chi connectivity index (χ1v) is 30.1. The first kappa shape index (κ1) is 58.8. The van der Waals surface area contributed by atoms with Crippen LogP contribution >= 0.6 is 0 Å². The van der Waals surface area contributed by atoms with Crippen molar-refractivity contribution >= 4 is 29.5 Å². The summed E-state index contributed by atoms with van der Waals surface area (Å²) < 4.78 is 3.74. The van der Waals surface area contributed by atoms with Gasteiger partial charge in [-0.1, -0.05) is 121 Å². The van der Waals surface area contributed by atoms with Gasteiger partial charge in [-0.25, -0.2) is 0 Å². The van der Waals surface area contributed by atoms with Gasteiger partial charge in [-0.2, -0.15) is 0 Å². The summed E-state index contributed by atoms with van der Waals surface area (Å²) in [5, 5.41) is 37.0. The first-order valence-electron chi connectivity index (χ1n) is 30.1. The highest BCUT2D eigenvalue weighted by Gasteiger charge is 2.45. The summed E-state index contributed by atoms with van der Waals surface area (Å²) in [6.45, 7) is 5.70. The zero-order chi connectivity index (χ0) is 56.7. The summed E-state index contributed by atoms with van der Waals surface area (Å²) >= 11 is 0. The van der Waals surface area contributed by atoms with Crippen LogP contribution < -0.4 is 31.9 Å². The Morgan fingerprint density at radius 2 is 1.04 bits per heavy atom. The number of aryl methyl sites for hydroxylation is 4. The van der Waals surface area contributed by atoms with E-state index in [0.29, 0.717) is 43.4 Å². The molecule has 2 aromatic heterocycles. The zero-order valence-corrected chi connectivity index (χ0v) is 48.0. The number of carbonyl (C=O) groups excluding carboxylic acids is 5. The molecule has 0 bridgehead atoms. The zero-order valence-electron chi connectivity index (χ0n) is 48.0. The Labute approximate surface area is 477 Å². The molecular weight excluding hydrogens is 1020 g/mol. The number of aromatic nitrogens is 6. The lowest BCUT2D eigenvalue weighted by molar-refractivity contribution is -0.144. The van der Waals surface area contributed by atoms with Gasteiger partial charge >= 0.3 is 0 Å². The summed E-state index contributed by atoms with van der Waals surface area (Å²) in [7, 11) is 3.51. The number of likely N-dealkylation sites (N-methyl/N-ethyl adjacent to an activating group) is 2. The van der Waals surface area contributed by atoms with Crippen molar-refractivity contribution in [3.05, 3.63) is 131 Å². The number of hydrogen-bond acceptors (Lipinski definition) is 12. The lowest BCUT2D eigenvalue weighted by atomic mass is 9.98. The van der Waals surface area contributed by atoms with Crippen molar-refractivity contribution < 1.29 is 24.0 Å². The molecule has 6 N–H and O–H groups in total. The molecule has 4 aliphatic rings. The molecule has 4 fully saturated rings. The number of rotatable bonds is 24. The number of nitrogens with one attached hydrogen (secondary N) is 6. The Morgan fingerprint density at radius 3 is 1.59 bits per heavy atom. The molecule has 3 aromatic carbocycles. The van der Waals surface area contributed by atoms with E-state index < -0.39 is 30.2 Å². The van der Waals surface area contributed by atoms with Crippen LogP contribution in [0.15, 0.2) is 97.3 Å². The van der Waals surface area contributed by atoms with Crippen molar-refractivity contribution in [3.63, 3.8) is 0 Å². The molecular formula is C62H86N14O5. The van der Waals surface area contributed by atoms with Gasteiger partial charge in [0.2, 0.25) is 29.5 Å². The molecule has 81 heavy (non-hydrogen) atoms. The molecule has 4 saturated heterocycles. The second-order valence-corrected chi connectivity index (χ2v) is 23.0. The van der Waals surface area contributed by atoms with Crippen molar-refractivity contribution in [2.75, 3.05) is 20.6 Å². The fourth-order valence-electron chi connectivity index (χ4n) is 12.5. The highest BCUT2D eigenvalue weighted by Crippen LogP contribution is 2.34. The SMILES string of the molecule is CN[C@@H](C)C(=O)NC1CCCCC2CCC(C(=O)N[C@@H](c3ccccc3)c3cn(CCCCc4ccc(CCCCn5cc([C@@H](NC(=O)C6CCC7CCCCC(NC(=O)[C@@H](C)NC)CN76)c6ccccc6)nn5)cc4)nn3)N2C1=O. The lowest BCUT2D eigenvalue weighted by Crippen LogP contribution is -2.58. The second-order valence-electron chi connectivity index (χ2n) is 23.0. The first-order chi connectivity index (χ1) is 39.5. The van der Waals surface area contributed by atoms with Crippen LogP contribution in [-0.4, -0.2) is 138 Å². The van der Waals surface area contributed by atoms with Crippen molar-refractivity contribution in [1.29, 1.82) is 0 Å². The third-order valence-corrected chi connectivity index (χ3v) is 17.4. The quantitative estimate of drug-likeness (QED) is 0.0401. The largest absolute Gasteiger partial charge is 0.351 e. The third-order valence-electron chi connectivity index (χ3n) is 17.4. The average molecular weight is 1110 g/mol. The smallest absolute Gasteiger partial charge is 0.246 e. The van der Waals surface area contributed by atoms with Gasteiger partial charge in [-0.05, 0) is 140 Å². The number of nitrogens with zero attached hydrogens (tertiary/aromatic N) is 8. The molecule has 5 aromatic rings.